The van der Waals surface area contributed by atoms with Gasteiger partial charge in [-0.25, -0.2) is 14.5 Å². The molecular weight excluding hydrogens is 320 g/mol. The van der Waals surface area contributed by atoms with Crippen molar-refractivity contribution in [1.82, 2.24) is 23.3 Å². The van der Waals surface area contributed by atoms with Gasteiger partial charge in [0.05, 0.1) is 6.04 Å². The van der Waals surface area contributed by atoms with Gasteiger partial charge in [0.15, 0.2) is 0 Å². The average molecular weight is 336 g/mol. The third-order valence-corrected chi connectivity index (χ3v) is 5.80. The fraction of sp³-hybridized carbons (Fsp3) is 0.385. The van der Waals surface area contributed by atoms with E-state index in [9.17, 15) is 13.2 Å². The van der Waals surface area contributed by atoms with Crippen LogP contribution in [-0.4, -0.2) is 65.3 Å². The fourth-order valence-electron chi connectivity index (χ4n) is 2.98. The number of hydrogen-bond acceptors (Lipinski definition) is 4. The molecule has 2 aromatic rings. The van der Waals surface area contributed by atoms with Gasteiger partial charge in [-0.2, -0.15) is 12.7 Å². The van der Waals surface area contributed by atoms with Gasteiger partial charge in [0, 0.05) is 56.5 Å². The first-order valence-corrected chi connectivity index (χ1v) is 8.72. The zero-order valence-electron chi connectivity index (χ0n) is 12.2. The summed E-state index contributed by atoms with van der Waals surface area (Å²) in [6, 6.07) is 3.15. The van der Waals surface area contributed by atoms with E-state index in [1.165, 1.54) is 4.31 Å². The van der Waals surface area contributed by atoms with Gasteiger partial charge in [0.1, 0.15) is 5.65 Å². The van der Waals surface area contributed by atoms with Crippen molar-refractivity contribution >= 4 is 27.6 Å². The molecule has 1 unspecified atom stereocenters. The SMILES string of the molecule is O=C(Nc1ccn2ccnc2c1)N1CCN2C(CNS2(=O)=O)C1. The van der Waals surface area contributed by atoms with Crippen LogP contribution in [0.25, 0.3) is 5.65 Å². The number of aromatic nitrogens is 2. The number of anilines is 1. The molecule has 2 fully saturated rings. The Bertz CT molecular complexity index is 863. The molecule has 1 atom stereocenters. The first-order chi connectivity index (χ1) is 11.0. The van der Waals surface area contributed by atoms with Crippen LogP contribution >= 0.6 is 0 Å². The smallest absolute Gasteiger partial charge is 0.321 e. The fourth-order valence-corrected chi connectivity index (χ4v) is 4.41. The lowest BCUT2D eigenvalue weighted by atomic mass is 10.2. The lowest BCUT2D eigenvalue weighted by Crippen LogP contribution is -2.54. The van der Waals surface area contributed by atoms with E-state index in [2.05, 4.69) is 15.0 Å². The standard InChI is InChI=1S/C13H16N6O3S/c20-13(16-10-1-3-17-4-2-14-12(17)7-10)18-5-6-19-11(9-18)8-15-23(19,21)22/h1-4,7,11,15H,5-6,8-9H2,(H,16,20). The predicted octanol–water partition coefficient (Wildman–Crippen LogP) is -0.300. The van der Waals surface area contributed by atoms with Crippen LogP contribution in [0.5, 0.6) is 0 Å². The van der Waals surface area contributed by atoms with Crippen molar-refractivity contribution in [2.24, 2.45) is 0 Å². The van der Waals surface area contributed by atoms with Crippen LogP contribution in [0.4, 0.5) is 10.5 Å². The first-order valence-electron chi connectivity index (χ1n) is 7.28. The summed E-state index contributed by atoms with van der Waals surface area (Å²) in [6.07, 6.45) is 5.34. The summed E-state index contributed by atoms with van der Waals surface area (Å²) in [4.78, 5) is 18.2. The molecule has 2 aliphatic rings. The number of pyridine rings is 1. The molecule has 9 nitrogen and oxygen atoms in total. The summed E-state index contributed by atoms with van der Waals surface area (Å²) in [7, 11) is -3.36. The minimum absolute atomic E-state index is 0.200. The normalized spacial score (nSPS) is 23.8. The highest BCUT2D eigenvalue weighted by Gasteiger charge is 2.41. The number of piperazine rings is 1. The highest BCUT2D eigenvalue weighted by molar-refractivity contribution is 7.87. The zero-order chi connectivity index (χ0) is 16.0. The Morgan fingerprint density at radius 1 is 1.35 bits per heavy atom. The molecular formula is C13H16N6O3S. The molecule has 2 amide bonds. The number of carbonyl (C=O) groups is 1. The molecule has 2 saturated heterocycles. The number of hydrogen-bond donors (Lipinski definition) is 2. The molecule has 0 saturated carbocycles. The molecule has 2 aliphatic heterocycles. The number of imidazole rings is 1. The first kappa shape index (κ1) is 14.4. The topological polar surface area (TPSA) is 99.1 Å². The van der Waals surface area contributed by atoms with Crippen LogP contribution in [-0.2, 0) is 10.2 Å². The highest BCUT2D eigenvalue weighted by atomic mass is 32.2. The summed E-state index contributed by atoms with van der Waals surface area (Å²) in [6.45, 7) is 1.40. The van der Waals surface area contributed by atoms with Crippen molar-refractivity contribution in [3.63, 3.8) is 0 Å². The summed E-state index contributed by atoms with van der Waals surface area (Å²) in [5, 5.41) is 2.84. The molecule has 23 heavy (non-hydrogen) atoms. The van der Waals surface area contributed by atoms with E-state index in [0.717, 1.165) is 5.65 Å². The van der Waals surface area contributed by atoms with Crippen LogP contribution in [0.1, 0.15) is 0 Å². The van der Waals surface area contributed by atoms with Gasteiger partial charge >= 0.3 is 6.03 Å². The third kappa shape index (κ3) is 2.54. The Hall–Kier alpha value is -2.17. The number of amides is 2. The summed E-state index contributed by atoms with van der Waals surface area (Å²) < 4.78 is 29.3. The van der Waals surface area contributed by atoms with Crippen LogP contribution in [0.15, 0.2) is 30.7 Å². The predicted molar refractivity (Wildman–Crippen MR) is 83.2 cm³/mol. The van der Waals surface area contributed by atoms with E-state index in [0.29, 0.717) is 31.9 Å². The zero-order valence-corrected chi connectivity index (χ0v) is 13.0. The number of urea groups is 1. The second-order valence-corrected chi connectivity index (χ2v) is 7.31. The maximum Gasteiger partial charge on any atom is 0.321 e. The largest absolute Gasteiger partial charge is 0.322 e. The number of carbonyl (C=O) groups excluding carboxylic acids is 1. The highest BCUT2D eigenvalue weighted by Crippen LogP contribution is 2.19. The van der Waals surface area contributed by atoms with Crippen molar-refractivity contribution in [2.45, 2.75) is 6.04 Å². The molecule has 122 valence electrons. The van der Waals surface area contributed by atoms with Crippen molar-refractivity contribution in [1.29, 1.82) is 0 Å². The molecule has 0 aliphatic carbocycles. The number of nitrogens with zero attached hydrogens (tertiary/aromatic N) is 4. The maximum absolute atomic E-state index is 12.4. The van der Waals surface area contributed by atoms with Gasteiger partial charge in [0.25, 0.3) is 10.2 Å². The molecule has 0 spiro atoms. The minimum atomic E-state index is -3.36. The van der Waals surface area contributed by atoms with Gasteiger partial charge in [-0.15, -0.1) is 0 Å². The van der Waals surface area contributed by atoms with Gasteiger partial charge in [-0.05, 0) is 6.07 Å². The van der Waals surface area contributed by atoms with Crippen LogP contribution < -0.4 is 10.0 Å². The molecule has 4 rings (SSSR count). The van der Waals surface area contributed by atoms with Gasteiger partial charge in [-0.1, -0.05) is 0 Å². The molecule has 2 N–H and O–H groups in total. The molecule has 0 aromatic carbocycles. The van der Waals surface area contributed by atoms with E-state index >= 15 is 0 Å². The van der Waals surface area contributed by atoms with E-state index < -0.39 is 10.2 Å². The molecule has 10 heteroatoms. The average Bonchev–Trinajstić information content (AvgIpc) is 3.11. The molecule has 2 aromatic heterocycles. The number of nitrogens with one attached hydrogen (secondary N) is 2. The van der Waals surface area contributed by atoms with Crippen LogP contribution in [0, 0.1) is 0 Å². The van der Waals surface area contributed by atoms with E-state index in [-0.39, 0.29) is 12.1 Å². The van der Waals surface area contributed by atoms with Crippen LogP contribution in [0.2, 0.25) is 0 Å². The van der Waals surface area contributed by atoms with Crippen molar-refractivity contribution < 1.29 is 13.2 Å². The summed E-state index contributed by atoms with van der Waals surface area (Å²) in [5.41, 5.74) is 1.41. The van der Waals surface area contributed by atoms with Gasteiger partial charge in [0.2, 0.25) is 0 Å². The Balaban J connectivity index is 1.45. The van der Waals surface area contributed by atoms with Gasteiger partial charge < -0.3 is 14.6 Å². The maximum atomic E-state index is 12.4. The quantitative estimate of drug-likeness (QED) is 0.747. The Labute approximate surface area is 133 Å². The van der Waals surface area contributed by atoms with Crippen molar-refractivity contribution in [3.05, 3.63) is 30.7 Å². The Morgan fingerprint density at radius 2 is 2.22 bits per heavy atom. The van der Waals surface area contributed by atoms with E-state index in [4.69, 9.17) is 0 Å². The molecule has 0 radical (unpaired) electrons. The third-order valence-electron chi connectivity index (χ3n) is 4.18. The lowest BCUT2D eigenvalue weighted by molar-refractivity contribution is 0.161. The number of fused-ring (bicyclic) bond motifs is 2. The number of rotatable bonds is 1. The van der Waals surface area contributed by atoms with E-state index in [1.807, 2.05) is 16.8 Å². The molecule has 4 heterocycles. The lowest BCUT2D eigenvalue weighted by Gasteiger charge is -2.35. The van der Waals surface area contributed by atoms with E-state index in [1.54, 1.807) is 23.2 Å². The van der Waals surface area contributed by atoms with Crippen molar-refractivity contribution in [2.75, 3.05) is 31.5 Å². The van der Waals surface area contributed by atoms with Crippen LogP contribution in [0.3, 0.4) is 0 Å². The van der Waals surface area contributed by atoms with Crippen molar-refractivity contribution in [3.8, 4) is 0 Å². The Morgan fingerprint density at radius 3 is 3.09 bits per heavy atom. The molecule has 0 bridgehead atoms. The second-order valence-electron chi connectivity index (χ2n) is 5.60. The minimum Gasteiger partial charge on any atom is -0.322 e. The summed E-state index contributed by atoms with van der Waals surface area (Å²) in [5.74, 6) is 0. The monoisotopic (exact) mass is 336 g/mol. The van der Waals surface area contributed by atoms with Gasteiger partial charge in [-0.3, -0.25) is 0 Å². The Kier molecular flexibility index (Phi) is 3.25. The summed E-state index contributed by atoms with van der Waals surface area (Å²) >= 11 is 0. The second kappa shape index (κ2) is 5.18.